The molecule has 2 heterocycles. The van der Waals surface area contributed by atoms with Gasteiger partial charge in [-0.15, -0.1) is 0 Å². The Hall–Kier alpha value is -1.45. The summed E-state index contributed by atoms with van der Waals surface area (Å²) in [5, 5.41) is 15.0. The van der Waals surface area contributed by atoms with Crippen LogP contribution < -0.4 is 5.32 Å². The molecule has 1 aliphatic heterocycles. The van der Waals surface area contributed by atoms with Gasteiger partial charge in [-0.05, 0) is 43.6 Å². The van der Waals surface area contributed by atoms with Gasteiger partial charge in [0.25, 0.3) is 0 Å². The van der Waals surface area contributed by atoms with Gasteiger partial charge in [-0.1, -0.05) is 18.2 Å². The van der Waals surface area contributed by atoms with E-state index in [0.717, 1.165) is 42.4 Å². The van der Waals surface area contributed by atoms with Crippen molar-refractivity contribution in [3.8, 4) is 0 Å². The van der Waals surface area contributed by atoms with E-state index in [9.17, 15) is 5.11 Å². The minimum Gasteiger partial charge on any atom is -0.389 e. The quantitative estimate of drug-likeness (QED) is 0.845. The molecule has 0 aliphatic carbocycles. The molecule has 3 heteroatoms. The molecular weight excluding hydrogens is 224 g/mol. The first-order valence-electron chi connectivity index (χ1n) is 6.52. The Morgan fingerprint density at radius 3 is 2.83 bits per heavy atom. The molecule has 2 aromatic rings. The fraction of sp³-hybridized carbons (Fsp3) is 0.400. The molecule has 1 fully saturated rings. The van der Waals surface area contributed by atoms with Crippen LogP contribution in [0, 0.1) is 0 Å². The Kier molecular flexibility index (Phi) is 3.02. The number of aromatic nitrogens is 1. The molecule has 94 valence electrons. The van der Waals surface area contributed by atoms with E-state index in [-0.39, 0.29) is 0 Å². The van der Waals surface area contributed by atoms with Crippen molar-refractivity contribution >= 4 is 10.9 Å². The number of para-hydroxylation sites is 1. The van der Waals surface area contributed by atoms with Gasteiger partial charge in [-0.3, -0.25) is 4.98 Å². The normalized spacial score (nSPS) is 18.9. The first-order valence-corrected chi connectivity index (χ1v) is 6.52. The average molecular weight is 242 g/mol. The van der Waals surface area contributed by atoms with Crippen molar-refractivity contribution in [3.05, 3.63) is 42.1 Å². The molecule has 0 bridgehead atoms. The number of pyridine rings is 1. The molecule has 1 aromatic carbocycles. The van der Waals surface area contributed by atoms with Crippen LogP contribution in [-0.4, -0.2) is 28.8 Å². The van der Waals surface area contributed by atoms with Gasteiger partial charge in [0.15, 0.2) is 0 Å². The molecule has 0 saturated carbocycles. The van der Waals surface area contributed by atoms with Gasteiger partial charge >= 0.3 is 0 Å². The van der Waals surface area contributed by atoms with Gasteiger partial charge in [-0.2, -0.15) is 0 Å². The highest BCUT2D eigenvalue weighted by Crippen LogP contribution is 2.24. The van der Waals surface area contributed by atoms with Crippen molar-refractivity contribution in [1.29, 1.82) is 0 Å². The number of nitrogens with one attached hydrogen (secondary N) is 1. The molecular formula is C15H18N2O. The van der Waals surface area contributed by atoms with Gasteiger partial charge in [0.05, 0.1) is 11.1 Å². The number of hydrogen-bond acceptors (Lipinski definition) is 3. The molecule has 0 radical (unpaired) electrons. The molecule has 18 heavy (non-hydrogen) atoms. The fourth-order valence-corrected chi connectivity index (χ4v) is 2.66. The van der Waals surface area contributed by atoms with Crippen LogP contribution in [-0.2, 0) is 6.42 Å². The van der Waals surface area contributed by atoms with Gasteiger partial charge in [0.1, 0.15) is 0 Å². The number of fused-ring (bicyclic) bond motifs is 1. The summed E-state index contributed by atoms with van der Waals surface area (Å²) >= 11 is 0. The Morgan fingerprint density at radius 1 is 1.22 bits per heavy atom. The van der Waals surface area contributed by atoms with Gasteiger partial charge in [0, 0.05) is 18.0 Å². The summed E-state index contributed by atoms with van der Waals surface area (Å²) < 4.78 is 0. The van der Waals surface area contributed by atoms with Crippen LogP contribution in [0.4, 0.5) is 0 Å². The zero-order valence-corrected chi connectivity index (χ0v) is 10.4. The first kappa shape index (κ1) is 11.6. The molecule has 2 N–H and O–H groups in total. The number of aliphatic hydroxyl groups is 1. The summed E-state index contributed by atoms with van der Waals surface area (Å²) in [6.45, 7) is 1.80. The van der Waals surface area contributed by atoms with Crippen LogP contribution in [0.2, 0.25) is 0 Å². The first-order chi connectivity index (χ1) is 8.75. The number of rotatable bonds is 2. The molecule has 0 unspecified atom stereocenters. The highest BCUT2D eigenvalue weighted by molar-refractivity contribution is 5.78. The van der Waals surface area contributed by atoms with Crippen LogP contribution in [0.1, 0.15) is 18.4 Å². The molecule has 1 aliphatic rings. The SMILES string of the molecule is OC1(Cc2cnc3ccccc3c2)CCNCC1. The van der Waals surface area contributed by atoms with E-state index in [4.69, 9.17) is 0 Å². The standard InChI is InChI=1S/C15H18N2O/c18-15(5-7-16-8-6-15)10-12-9-13-3-1-2-4-14(13)17-11-12/h1-4,9,11,16,18H,5-8,10H2. The topological polar surface area (TPSA) is 45.2 Å². The summed E-state index contributed by atoms with van der Waals surface area (Å²) in [6, 6.07) is 10.2. The summed E-state index contributed by atoms with van der Waals surface area (Å²) in [6.07, 6.45) is 4.23. The van der Waals surface area contributed by atoms with Crippen molar-refractivity contribution in [1.82, 2.24) is 10.3 Å². The van der Waals surface area contributed by atoms with Crippen molar-refractivity contribution in [2.45, 2.75) is 24.9 Å². The lowest BCUT2D eigenvalue weighted by Crippen LogP contribution is -2.43. The molecule has 1 saturated heterocycles. The second-order valence-electron chi connectivity index (χ2n) is 5.19. The summed E-state index contributed by atoms with van der Waals surface area (Å²) in [5.74, 6) is 0. The number of hydrogen-bond donors (Lipinski definition) is 2. The number of nitrogens with zero attached hydrogens (tertiary/aromatic N) is 1. The predicted molar refractivity (Wildman–Crippen MR) is 72.5 cm³/mol. The van der Waals surface area contributed by atoms with Gasteiger partial charge < -0.3 is 10.4 Å². The largest absolute Gasteiger partial charge is 0.389 e. The molecule has 1 aromatic heterocycles. The number of piperidine rings is 1. The van der Waals surface area contributed by atoms with E-state index in [1.54, 1.807) is 0 Å². The predicted octanol–water partition coefficient (Wildman–Crippen LogP) is 1.89. The third kappa shape index (κ3) is 2.37. The van der Waals surface area contributed by atoms with Crippen LogP contribution in [0.5, 0.6) is 0 Å². The summed E-state index contributed by atoms with van der Waals surface area (Å²) in [7, 11) is 0. The van der Waals surface area contributed by atoms with Gasteiger partial charge in [0.2, 0.25) is 0 Å². The lowest BCUT2D eigenvalue weighted by molar-refractivity contribution is 0.0108. The second-order valence-corrected chi connectivity index (χ2v) is 5.19. The van der Waals surface area contributed by atoms with E-state index in [1.807, 2.05) is 24.4 Å². The Labute approximate surface area is 107 Å². The highest BCUT2D eigenvalue weighted by atomic mass is 16.3. The maximum Gasteiger partial charge on any atom is 0.0712 e. The zero-order chi connectivity index (χ0) is 12.4. The van der Waals surface area contributed by atoms with E-state index in [2.05, 4.69) is 22.4 Å². The minimum absolute atomic E-state index is 0.560. The third-order valence-electron chi connectivity index (χ3n) is 3.71. The molecule has 0 atom stereocenters. The van der Waals surface area contributed by atoms with E-state index < -0.39 is 5.60 Å². The Bertz CT molecular complexity index is 547. The Balaban J connectivity index is 1.85. The third-order valence-corrected chi connectivity index (χ3v) is 3.71. The monoisotopic (exact) mass is 242 g/mol. The highest BCUT2D eigenvalue weighted by Gasteiger charge is 2.29. The Morgan fingerprint density at radius 2 is 2.00 bits per heavy atom. The maximum atomic E-state index is 10.5. The van der Waals surface area contributed by atoms with Crippen LogP contribution in [0.3, 0.4) is 0 Å². The second kappa shape index (κ2) is 4.67. The molecule has 0 spiro atoms. The maximum absolute atomic E-state index is 10.5. The van der Waals surface area contributed by atoms with Crippen molar-refractivity contribution in [2.24, 2.45) is 0 Å². The smallest absolute Gasteiger partial charge is 0.0712 e. The van der Waals surface area contributed by atoms with E-state index >= 15 is 0 Å². The van der Waals surface area contributed by atoms with E-state index in [0.29, 0.717) is 6.42 Å². The van der Waals surface area contributed by atoms with Crippen LogP contribution in [0.25, 0.3) is 10.9 Å². The minimum atomic E-state index is -0.560. The summed E-state index contributed by atoms with van der Waals surface area (Å²) in [5.41, 5.74) is 1.58. The van der Waals surface area contributed by atoms with Crippen molar-refractivity contribution < 1.29 is 5.11 Å². The van der Waals surface area contributed by atoms with Crippen LogP contribution in [0.15, 0.2) is 36.5 Å². The average Bonchev–Trinajstić information content (AvgIpc) is 2.39. The van der Waals surface area contributed by atoms with E-state index in [1.165, 1.54) is 0 Å². The molecule has 3 rings (SSSR count). The lowest BCUT2D eigenvalue weighted by atomic mass is 9.86. The number of benzene rings is 1. The molecule has 3 nitrogen and oxygen atoms in total. The fourth-order valence-electron chi connectivity index (χ4n) is 2.66. The van der Waals surface area contributed by atoms with Gasteiger partial charge in [-0.25, -0.2) is 0 Å². The zero-order valence-electron chi connectivity index (χ0n) is 10.4. The molecule has 0 amide bonds. The van der Waals surface area contributed by atoms with Crippen molar-refractivity contribution in [3.63, 3.8) is 0 Å². The van der Waals surface area contributed by atoms with Crippen molar-refractivity contribution in [2.75, 3.05) is 13.1 Å². The summed E-state index contributed by atoms with van der Waals surface area (Å²) in [4.78, 5) is 4.45. The van der Waals surface area contributed by atoms with Crippen LogP contribution >= 0.6 is 0 Å². The lowest BCUT2D eigenvalue weighted by Gasteiger charge is -2.32.